The minimum Gasteiger partial charge on any atom is -0.358 e. The molecule has 0 saturated heterocycles. The molecule has 4 aromatic rings. The lowest BCUT2D eigenvalue weighted by molar-refractivity contribution is 0.102. The van der Waals surface area contributed by atoms with Crippen LogP contribution in [0.1, 0.15) is 40.7 Å². The molecule has 0 spiro atoms. The van der Waals surface area contributed by atoms with Crippen LogP contribution in [0.2, 0.25) is 0 Å². The van der Waals surface area contributed by atoms with Crippen molar-refractivity contribution in [1.29, 1.82) is 0 Å². The number of rotatable bonds is 9. The Bertz CT molecular complexity index is 1340. The Labute approximate surface area is 214 Å². The Morgan fingerprint density at radius 2 is 1.83 bits per heavy atom. The lowest BCUT2D eigenvalue weighted by Gasteiger charge is -2.21. The molecule has 2 aromatic carbocycles. The molecule has 9 heteroatoms. The first kappa shape index (κ1) is 24.0. The molecule has 0 bridgehead atoms. The highest BCUT2D eigenvalue weighted by atomic mass is 32.1. The first-order valence-corrected chi connectivity index (χ1v) is 13.0. The molecule has 0 aliphatic heterocycles. The van der Waals surface area contributed by atoms with E-state index in [0.717, 1.165) is 34.2 Å². The second-order valence-electron chi connectivity index (χ2n) is 8.90. The van der Waals surface area contributed by atoms with Gasteiger partial charge in [0.05, 0.1) is 5.69 Å². The fourth-order valence-corrected chi connectivity index (χ4v) is 5.04. The molecule has 2 N–H and O–H groups in total. The lowest BCUT2D eigenvalue weighted by atomic mass is 9.86. The van der Waals surface area contributed by atoms with Crippen molar-refractivity contribution in [2.75, 3.05) is 37.4 Å². The number of nitrogens with one attached hydrogen (secondary N) is 2. The van der Waals surface area contributed by atoms with Crippen LogP contribution in [0.4, 0.5) is 11.5 Å². The predicted molar refractivity (Wildman–Crippen MR) is 145 cm³/mol. The summed E-state index contributed by atoms with van der Waals surface area (Å²) in [5.41, 5.74) is 2.70. The van der Waals surface area contributed by atoms with E-state index >= 15 is 0 Å². The molecule has 184 valence electrons. The molecule has 0 radical (unpaired) electrons. The standard InChI is InChI=1S/C27H29N7OS/c1-28-15-16-34(2)23-17-22(29-24(31-23)18-9-4-3-5-10-18)25(35)30-21-14-7-6-13-20(21)27-33-32-26(36-27)19-11-8-12-19/h3-7,9-10,13-14,17,19,28H,8,11-12,15-16H2,1-2H3,(H,30,35). The van der Waals surface area contributed by atoms with E-state index in [2.05, 4.69) is 25.8 Å². The van der Waals surface area contributed by atoms with Crippen LogP contribution in [0.5, 0.6) is 0 Å². The third-order valence-corrected chi connectivity index (χ3v) is 7.49. The third-order valence-electron chi connectivity index (χ3n) is 6.37. The van der Waals surface area contributed by atoms with Gasteiger partial charge in [0.2, 0.25) is 0 Å². The summed E-state index contributed by atoms with van der Waals surface area (Å²) in [5, 5.41) is 16.9. The topological polar surface area (TPSA) is 95.9 Å². The molecule has 1 aliphatic rings. The van der Waals surface area contributed by atoms with E-state index in [1.54, 1.807) is 17.4 Å². The number of carbonyl (C=O) groups is 1. The number of carbonyl (C=O) groups excluding carboxylic acids is 1. The molecular formula is C27H29N7OS. The molecule has 1 amide bonds. The van der Waals surface area contributed by atoms with Gasteiger partial charge in [-0.2, -0.15) is 0 Å². The van der Waals surface area contributed by atoms with E-state index in [9.17, 15) is 4.79 Å². The zero-order valence-corrected chi connectivity index (χ0v) is 21.3. The molecule has 1 fully saturated rings. The Balaban J connectivity index is 1.45. The first-order valence-electron chi connectivity index (χ1n) is 12.2. The predicted octanol–water partition coefficient (Wildman–Crippen LogP) is 4.84. The van der Waals surface area contributed by atoms with Crippen molar-refractivity contribution in [3.05, 3.63) is 71.4 Å². The van der Waals surface area contributed by atoms with E-state index in [0.29, 0.717) is 28.9 Å². The quantitative estimate of drug-likeness (QED) is 0.340. The molecule has 2 heterocycles. The van der Waals surface area contributed by atoms with E-state index in [1.165, 1.54) is 19.3 Å². The van der Waals surface area contributed by atoms with Crippen molar-refractivity contribution in [2.24, 2.45) is 0 Å². The third kappa shape index (κ3) is 5.27. The normalized spacial score (nSPS) is 13.3. The highest BCUT2D eigenvalue weighted by Gasteiger charge is 2.24. The van der Waals surface area contributed by atoms with E-state index in [-0.39, 0.29) is 5.91 Å². The van der Waals surface area contributed by atoms with Gasteiger partial charge >= 0.3 is 0 Å². The summed E-state index contributed by atoms with van der Waals surface area (Å²) in [6.45, 7) is 1.53. The maximum atomic E-state index is 13.5. The SMILES string of the molecule is CNCCN(C)c1cc(C(=O)Nc2ccccc2-c2nnc(C3CCC3)s2)nc(-c2ccccc2)n1. The van der Waals surface area contributed by atoms with Crippen LogP contribution in [0.15, 0.2) is 60.7 Å². The summed E-state index contributed by atoms with van der Waals surface area (Å²) in [5.74, 6) is 1.42. The van der Waals surface area contributed by atoms with Crippen molar-refractivity contribution < 1.29 is 4.79 Å². The van der Waals surface area contributed by atoms with Crippen LogP contribution in [-0.4, -0.2) is 53.3 Å². The summed E-state index contributed by atoms with van der Waals surface area (Å²) in [4.78, 5) is 24.8. The highest BCUT2D eigenvalue weighted by molar-refractivity contribution is 7.14. The van der Waals surface area contributed by atoms with Crippen LogP contribution >= 0.6 is 11.3 Å². The molecular weight excluding hydrogens is 470 g/mol. The van der Waals surface area contributed by atoms with Crippen molar-refractivity contribution in [1.82, 2.24) is 25.5 Å². The molecule has 0 unspecified atom stereocenters. The van der Waals surface area contributed by atoms with Crippen molar-refractivity contribution in [3.63, 3.8) is 0 Å². The average molecular weight is 500 g/mol. The van der Waals surface area contributed by atoms with Crippen LogP contribution in [-0.2, 0) is 0 Å². The monoisotopic (exact) mass is 499 g/mol. The van der Waals surface area contributed by atoms with Gasteiger partial charge in [0.25, 0.3) is 5.91 Å². The van der Waals surface area contributed by atoms with Crippen molar-refractivity contribution in [3.8, 4) is 22.0 Å². The Morgan fingerprint density at radius 1 is 1.06 bits per heavy atom. The number of aromatic nitrogens is 4. The van der Waals surface area contributed by atoms with E-state index in [1.807, 2.05) is 73.6 Å². The maximum absolute atomic E-state index is 13.5. The summed E-state index contributed by atoms with van der Waals surface area (Å²) >= 11 is 1.61. The Morgan fingerprint density at radius 3 is 2.58 bits per heavy atom. The van der Waals surface area contributed by atoms with Crippen LogP contribution in [0.3, 0.4) is 0 Å². The summed E-state index contributed by atoms with van der Waals surface area (Å²) < 4.78 is 0. The number of para-hydroxylation sites is 1. The molecule has 1 saturated carbocycles. The Kier molecular flexibility index (Phi) is 7.29. The van der Waals surface area contributed by atoms with Crippen LogP contribution in [0, 0.1) is 0 Å². The fourth-order valence-electron chi connectivity index (χ4n) is 3.99. The zero-order valence-electron chi connectivity index (χ0n) is 20.4. The van der Waals surface area contributed by atoms with Gasteiger partial charge in [0.1, 0.15) is 21.5 Å². The fraction of sp³-hybridized carbons (Fsp3) is 0.296. The zero-order chi connectivity index (χ0) is 24.9. The number of anilines is 2. The van der Waals surface area contributed by atoms with Crippen molar-refractivity contribution >= 4 is 28.7 Å². The Hall–Kier alpha value is -3.69. The van der Waals surface area contributed by atoms with Crippen molar-refractivity contribution in [2.45, 2.75) is 25.2 Å². The van der Waals surface area contributed by atoms with E-state index < -0.39 is 0 Å². The summed E-state index contributed by atoms with van der Waals surface area (Å²) in [6, 6.07) is 19.1. The van der Waals surface area contributed by atoms with Gasteiger partial charge in [0, 0.05) is 43.2 Å². The molecule has 1 aliphatic carbocycles. The number of likely N-dealkylation sites (N-methyl/N-ethyl adjacent to an activating group) is 2. The van der Waals surface area contributed by atoms with Crippen LogP contribution in [0.25, 0.3) is 22.0 Å². The summed E-state index contributed by atoms with van der Waals surface area (Å²) in [6.07, 6.45) is 3.60. The number of hydrogen-bond acceptors (Lipinski definition) is 8. The second kappa shape index (κ2) is 10.9. The number of amides is 1. The van der Waals surface area contributed by atoms with Gasteiger partial charge in [-0.3, -0.25) is 4.79 Å². The lowest BCUT2D eigenvalue weighted by Crippen LogP contribution is -2.28. The molecule has 5 rings (SSSR count). The summed E-state index contributed by atoms with van der Waals surface area (Å²) in [7, 11) is 3.87. The molecule has 2 aromatic heterocycles. The second-order valence-corrected chi connectivity index (χ2v) is 9.91. The number of nitrogens with zero attached hydrogens (tertiary/aromatic N) is 5. The van der Waals surface area contributed by atoms with Gasteiger partial charge in [-0.25, -0.2) is 9.97 Å². The van der Waals surface area contributed by atoms with E-state index in [4.69, 9.17) is 4.98 Å². The van der Waals surface area contributed by atoms with Gasteiger partial charge in [-0.15, -0.1) is 10.2 Å². The smallest absolute Gasteiger partial charge is 0.274 e. The number of hydrogen-bond donors (Lipinski definition) is 2. The minimum absolute atomic E-state index is 0.297. The maximum Gasteiger partial charge on any atom is 0.274 e. The van der Waals surface area contributed by atoms with Gasteiger partial charge < -0.3 is 15.5 Å². The van der Waals surface area contributed by atoms with Crippen LogP contribution < -0.4 is 15.5 Å². The van der Waals surface area contributed by atoms with Gasteiger partial charge in [-0.05, 0) is 32.0 Å². The minimum atomic E-state index is -0.297. The molecule has 0 atom stereocenters. The largest absolute Gasteiger partial charge is 0.358 e. The average Bonchev–Trinajstić information content (AvgIpc) is 3.36. The number of benzene rings is 2. The molecule has 36 heavy (non-hydrogen) atoms. The molecule has 8 nitrogen and oxygen atoms in total. The highest BCUT2D eigenvalue weighted by Crippen LogP contribution is 2.40. The van der Waals surface area contributed by atoms with Gasteiger partial charge in [-0.1, -0.05) is 60.2 Å². The first-order chi connectivity index (χ1) is 17.6. The van der Waals surface area contributed by atoms with Gasteiger partial charge in [0.15, 0.2) is 5.82 Å².